The molecule has 0 aliphatic carbocycles. The van der Waals surface area contributed by atoms with Crippen molar-refractivity contribution in [3.63, 3.8) is 0 Å². The van der Waals surface area contributed by atoms with E-state index in [-0.39, 0.29) is 18.3 Å². The van der Waals surface area contributed by atoms with Gasteiger partial charge in [-0.2, -0.15) is 0 Å². The van der Waals surface area contributed by atoms with Gasteiger partial charge in [-0.15, -0.1) is 0 Å². The number of aliphatic hydroxyl groups excluding tert-OH is 1. The number of rotatable bonds is 9. The molecule has 0 spiro atoms. The highest BCUT2D eigenvalue weighted by Crippen LogP contribution is 2.23. The van der Waals surface area contributed by atoms with Gasteiger partial charge in [-0.1, -0.05) is 57.6 Å². The molecule has 0 bridgehead atoms. The van der Waals surface area contributed by atoms with Gasteiger partial charge >= 0.3 is 0 Å². The first-order valence-corrected chi connectivity index (χ1v) is 7.14. The first kappa shape index (κ1) is 15.2. The summed E-state index contributed by atoms with van der Waals surface area (Å²) in [6.45, 7) is 2.32. The van der Waals surface area contributed by atoms with E-state index in [1.54, 1.807) is 6.07 Å². The maximum Gasteiger partial charge on any atom is 0.123 e. The van der Waals surface area contributed by atoms with Crippen molar-refractivity contribution in [3.8, 4) is 0 Å². The smallest absolute Gasteiger partial charge is 0.123 e. The summed E-state index contributed by atoms with van der Waals surface area (Å²) in [6, 6.07) is 6.61. The third kappa shape index (κ3) is 5.63. The van der Waals surface area contributed by atoms with Crippen LogP contribution in [-0.4, -0.2) is 11.7 Å². The zero-order valence-corrected chi connectivity index (χ0v) is 11.4. The Bertz CT molecular complexity index is 325. The fourth-order valence-electron chi connectivity index (χ4n) is 2.29. The summed E-state index contributed by atoms with van der Waals surface area (Å²) in [5, 5.41) is 9.39. The van der Waals surface area contributed by atoms with Gasteiger partial charge in [-0.3, -0.25) is 0 Å². The van der Waals surface area contributed by atoms with Gasteiger partial charge in [0.25, 0.3) is 0 Å². The van der Waals surface area contributed by atoms with Crippen molar-refractivity contribution < 1.29 is 9.50 Å². The number of unbranched alkanes of at least 4 members (excludes halogenated alkanes) is 5. The molecule has 1 unspecified atom stereocenters. The lowest BCUT2D eigenvalue weighted by molar-refractivity contribution is 0.256. The van der Waals surface area contributed by atoms with Gasteiger partial charge in [0.2, 0.25) is 0 Å². The van der Waals surface area contributed by atoms with Gasteiger partial charge in [-0.05, 0) is 24.1 Å². The van der Waals surface area contributed by atoms with E-state index >= 15 is 0 Å². The Morgan fingerprint density at radius 2 is 1.83 bits per heavy atom. The van der Waals surface area contributed by atoms with Crippen LogP contribution >= 0.6 is 0 Å². The molecule has 2 heteroatoms. The monoisotopic (exact) mass is 252 g/mol. The molecular weight excluding hydrogens is 227 g/mol. The van der Waals surface area contributed by atoms with E-state index in [4.69, 9.17) is 0 Å². The maximum absolute atomic E-state index is 13.1. The molecule has 0 saturated heterocycles. The first-order chi connectivity index (χ1) is 8.77. The summed E-state index contributed by atoms with van der Waals surface area (Å²) in [4.78, 5) is 0. The highest BCUT2D eigenvalue weighted by molar-refractivity contribution is 5.20. The summed E-state index contributed by atoms with van der Waals surface area (Å²) in [7, 11) is 0. The Morgan fingerprint density at radius 3 is 2.50 bits per heavy atom. The standard InChI is InChI=1S/C16H25FO/c1-2-3-4-5-6-7-9-15(13-18)14-10-8-11-16(17)12-14/h8,10-12,15,18H,2-7,9,13H2,1H3. The molecule has 1 atom stereocenters. The minimum atomic E-state index is -0.214. The molecule has 1 nitrogen and oxygen atoms in total. The third-order valence-corrected chi connectivity index (χ3v) is 3.45. The lowest BCUT2D eigenvalue weighted by atomic mass is 9.93. The first-order valence-electron chi connectivity index (χ1n) is 7.14. The van der Waals surface area contributed by atoms with Gasteiger partial charge in [0.05, 0.1) is 0 Å². The second-order valence-corrected chi connectivity index (χ2v) is 4.99. The molecule has 0 saturated carbocycles. The molecule has 0 radical (unpaired) electrons. The van der Waals surface area contributed by atoms with Crippen LogP contribution in [0.4, 0.5) is 4.39 Å². The second-order valence-electron chi connectivity index (χ2n) is 4.99. The summed E-state index contributed by atoms with van der Waals surface area (Å²) >= 11 is 0. The van der Waals surface area contributed by atoms with Gasteiger partial charge in [0.1, 0.15) is 5.82 Å². The molecule has 0 fully saturated rings. The molecule has 18 heavy (non-hydrogen) atoms. The van der Waals surface area contributed by atoms with Crippen LogP contribution in [0.1, 0.15) is 63.4 Å². The molecule has 1 aromatic carbocycles. The zero-order valence-electron chi connectivity index (χ0n) is 11.4. The fraction of sp³-hybridized carbons (Fsp3) is 0.625. The van der Waals surface area contributed by atoms with Crippen LogP contribution in [0.25, 0.3) is 0 Å². The fourth-order valence-corrected chi connectivity index (χ4v) is 2.29. The number of benzene rings is 1. The van der Waals surface area contributed by atoms with Gasteiger partial charge in [0.15, 0.2) is 0 Å². The van der Waals surface area contributed by atoms with Crippen molar-refractivity contribution in [2.45, 2.75) is 57.8 Å². The Kier molecular flexibility index (Phi) is 7.66. The Hall–Kier alpha value is -0.890. The number of hydrogen-bond acceptors (Lipinski definition) is 1. The minimum Gasteiger partial charge on any atom is -0.396 e. The third-order valence-electron chi connectivity index (χ3n) is 3.45. The van der Waals surface area contributed by atoms with E-state index in [2.05, 4.69) is 6.92 Å². The van der Waals surface area contributed by atoms with Gasteiger partial charge < -0.3 is 5.11 Å². The van der Waals surface area contributed by atoms with Crippen molar-refractivity contribution in [3.05, 3.63) is 35.6 Å². The molecule has 0 aliphatic rings. The average Bonchev–Trinajstić information content (AvgIpc) is 2.38. The maximum atomic E-state index is 13.1. The normalized spacial score (nSPS) is 12.6. The van der Waals surface area contributed by atoms with E-state index in [1.807, 2.05) is 6.07 Å². The number of aliphatic hydroxyl groups is 1. The van der Waals surface area contributed by atoms with Crippen molar-refractivity contribution in [1.29, 1.82) is 0 Å². The molecule has 1 rings (SSSR count). The Labute approximate surface area is 110 Å². The van der Waals surface area contributed by atoms with E-state index in [0.717, 1.165) is 18.4 Å². The van der Waals surface area contributed by atoms with Gasteiger partial charge in [0, 0.05) is 12.5 Å². The van der Waals surface area contributed by atoms with Crippen molar-refractivity contribution in [1.82, 2.24) is 0 Å². The van der Waals surface area contributed by atoms with Crippen molar-refractivity contribution in [2.24, 2.45) is 0 Å². The van der Waals surface area contributed by atoms with Crippen LogP contribution in [0.5, 0.6) is 0 Å². The molecule has 102 valence electrons. The number of hydrogen-bond donors (Lipinski definition) is 1. The minimum absolute atomic E-state index is 0.0897. The molecule has 0 aromatic heterocycles. The lowest BCUT2D eigenvalue weighted by Gasteiger charge is -2.14. The Balaban J connectivity index is 2.29. The van der Waals surface area contributed by atoms with Crippen molar-refractivity contribution >= 4 is 0 Å². The largest absolute Gasteiger partial charge is 0.396 e. The summed E-state index contributed by atoms with van der Waals surface area (Å²) < 4.78 is 13.1. The molecule has 0 amide bonds. The molecule has 0 aliphatic heterocycles. The zero-order chi connectivity index (χ0) is 13.2. The Morgan fingerprint density at radius 1 is 1.11 bits per heavy atom. The number of halogens is 1. The molecule has 1 aromatic rings. The van der Waals surface area contributed by atoms with Gasteiger partial charge in [-0.25, -0.2) is 4.39 Å². The van der Waals surface area contributed by atoms with Crippen LogP contribution in [0.15, 0.2) is 24.3 Å². The summed E-state index contributed by atoms with van der Waals surface area (Å²) in [5.41, 5.74) is 0.922. The predicted molar refractivity (Wildman–Crippen MR) is 74.2 cm³/mol. The second kappa shape index (κ2) is 9.09. The van der Waals surface area contributed by atoms with E-state index < -0.39 is 0 Å². The van der Waals surface area contributed by atoms with Crippen LogP contribution in [-0.2, 0) is 0 Å². The molecular formula is C16H25FO. The van der Waals surface area contributed by atoms with E-state index in [0.29, 0.717) is 0 Å². The topological polar surface area (TPSA) is 20.2 Å². The lowest BCUT2D eigenvalue weighted by Crippen LogP contribution is -2.04. The highest BCUT2D eigenvalue weighted by atomic mass is 19.1. The SMILES string of the molecule is CCCCCCCCC(CO)c1cccc(F)c1. The van der Waals surface area contributed by atoms with Crippen LogP contribution in [0.2, 0.25) is 0 Å². The van der Waals surface area contributed by atoms with Crippen LogP contribution < -0.4 is 0 Å². The molecule has 1 N–H and O–H groups in total. The van der Waals surface area contributed by atoms with Crippen molar-refractivity contribution in [2.75, 3.05) is 6.61 Å². The van der Waals surface area contributed by atoms with E-state index in [9.17, 15) is 9.50 Å². The highest BCUT2D eigenvalue weighted by Gasteiger charge is 2.10. The predicted octanol–water partition coefficient (Wildman–Crippen LogP) is 4.65. The summed E-state index contributed by atoms with van der Waals surface area (Å²) in [5.74, 6) is -0.124. The van der Waals surface area contributed by atoms with E-state index in [1.165, 1.54) is 44.2 Å². The average molecular weight is 252 g/mol. The van der Waals surface area contributed by atoms with Crippen LogP contribution in [0, 0.1) is 5.82 Å². The van der Waals surface area contributed by atoms with Crippen LogP contribution in [0.3, 0.4) is 0 Å². The summed E-state index contributed by atoms with van der Waals surface area (Å²) in [6.07, 6.45) is 8.44. The quantitative estimate of drug-likeness (QED) is 0.634. The molecule has 0 heterocycles.